The Balaban J connectivity index is 1.63. The van der Waals surface area contributed by atoms with E-state index in [2.05, 4.69) is 5.32 Å². The molecule has 25 heavy (non-hydrogen) atoms. The van der Waals surface area contributed by atoms with Crippen molar-refractivity contribution >= 4 is 17.6 Å². The summed E-state index contributed by atoms with van der Waals surface area (Å²) in [6, 6.07) is 7.09. The van der Waals surface area contributed by atoms with E-state index in [1.807, 2.05) is 6.07 Å². The van der Waals surface area contributed by atoms with E-state index in [0.29, 0.717) is 44.0 Å². The standard InChI is InChI=1S/C18H26N4O3/c1-13(23)22-9-6-14(7-10-22)18(24)21-8-3-11-25-16-5-2-4-15(12-16)17(19)20/h2,4-5,12,14H,3,6-11H2,1H3,(H3,19,20)(H,21,24). The molecule has 1 aromatic rings. The third-order valence-corrected chi connectivity index (χ3v) is 4.35. The number of likely N-dealkylation sites (tertiary alicyclic amines) is 1. The molecule has 0 aliphatic carbocycles. The molecule has 1 aliphatic rings. The number of ether oxygens (including phenoxy) is 1. The third kappa shape index (κ3) is 5.77. The zero-order valence-electron chi connectivity index (χ0n) is 14.6. The van der Waals surface area contributed by atoms with E-state index in [1.165, 1.54) is 0 Å². The van der Waals surface area contributed by atoms with Gasteiger partial charge in [-0.25, -0.2) is 0 Å². The van der Waals surface area contributed by atoms with Crippen molar-refractivity contribution in [3.8, 4) is 5.75 Å². The molecule has 0 saturated carbocycles. The number of rotatable bonds is 7. The average molecular weight is 346 g/mol. The molecule has 136 valence electrons. The molecule has 1 aromatic carbocycles. The van der Waals surface area contributed by atoms with E-state index in [0.717, 1.165) is 12.8 Å². The van der Waals surface area contributed by atoms with E-state index in [-0.39, 0.29) is 23.6 Å². The van der Waals surface area contributed by atoms with Crippen LogP contribution in [0.2, 0.25) is 0 Å². The van der Waals surface area contributed by atoms with Crippen LogP contribution in [0.4, 0.5) is 0 Å². The summed E-state index contributed by atoms with van der Waals surface area (Å²) in [5.41, 5.74) is 6.07. The number of hydrogen-bond donors (Lipinski definition) is 3. The van der Waals surface area contributed by atoms with Crippen LogP contribution in [-0.4, -0.2) is 48.8 Å². The van der Waals surface area contributed by atoms with Crippen molar-refractivity contribution in [2.45, 2.75) is 26.2 Å². The van der Waals surface area contributed by atoms with Gasteiger partial charge in [0.1, 0.15) is 11.6 Å². The van der Waals surface area contributed by atoms with Crippen LogP contribution in [-0.2, 0) is 9.59 Å². The fourth-order valence-electron chi connectivity index (χ4n) is 2.83. The number of carbonyl (C=O) groups is 2. The number of nitrogens with two attached hydrogens (primary N) is 1. The Labute approximate surface area is 148 Å². The molecule has 2 amide bonds. The van der Waals surface area contributed by atoms with Crippen LogP contribution in [0.5, 0.6) is 5.75 Å². The molecular formula is C18H26N4O3. The molecule has 0 bridgehead atoms. The Morgan fingerprint density at radius 1 is 1.36 bits per heavy atom. The highest BCUT2D eigenvalue weighted by Gasteiger charge is 2.25. The molecule has 4 N–H and O–H groups in total. The van der Waals surface area contributed by atoms with Gasteiger partial charge >= 0.3 is 0 Å². The zero-order valence-corrected chi connectivity index (χ0v) is 14.6. The van der Waals surface area contributed by atoms with Gasteiger partial charge in [0.05, 0.1) is 6.61 Å². The quantitative estimate of drug-likeness (QED) is 0.390. The molecule has 1 aliphatic heterocycles. The minimum absolute atomic E-state index is 0.00790. The van der Waals surface area contributed by atoms with Gasteiger partial charge in [0.2, 0.25) is 11.8 Å². The van der Waals surface area contributed by atoms with Gasteiger partial charge in [-0.05, 0) is 31.4 Å². The highest BCUT2D eigenvalue weighted by molar-refractivity contribution is 5.95. The van der Waals surface area contributed by atoms with Gasteiger partial charge in [-0.2, -0.15) is 0 Å². The molecule has 2 rings (SSSR count). The van der Waals surface area contributed by atoms with E-state index < -0.39 is 0 Å². The maximum Gasteiger partial charge on any atom is 0.223 e. The number of nitrogens with one attached hydrogen (secondary N) is 2. The fraction of sp³-hybridized carbons (Fsp3) is 0.500. The first-order valence-electron chi connectivity index (χ1n) is 8.58. The van der Waals surface area contributed by atoms with Crippen LogP contribution >= 0.6 is 0 Å². The first-order chi connectivity index (χ1) is 12.0. The van der Waals surface area contributed by atoms with Gasteiger partial charge in [0, 0.05) is 38.0 Å². The second-order valence-corrected chi connectivity index (χ2v) is 6.21. The summed E-state index contributed by atoms with van der Waals surface area (Å²) in [4.78, 5) is 25.2. The molecule has 0 atom stereocenters. The second-order valence-electron chi connectivity index (χ2n) is 6.21. The Morgan fingerprint density at radius 3 is 2.72 bits per heavy atom. The minimum Gasteiger partial charge on any atom is -0.494 e. The van der Waals surface area contributed by atoms with E-state index >= 15 is 0 Å². The van der Waals surface area contributed by atoms with Gasteiger partial charge in [0.25, 0.3) is 0 Å². The van der Waals surface area contributed by atoms with Crippen molar-refractivity contribution in [2.24, 2.45) is 11.7 Å². The van der Waals surface area contributed by atoms with Gasteiger partial charge < -0.3 is 20.7 Å². The summed E-state index contributed by atoms with van der Waals surface area (Å²) in [6.07, 6.45) is 2.14. The van der Waals surface area contributed by atoms with Gasteiger partial charge in [-0.1, -0.05) is 12.1 Å². The fourth-order valence-corrected chi connectivity index (χ4v) is 2.83. The number of amidine groups is 1. The summed E-state index contributed by atoms with van der Waals surface area (Å²) in [5.74, 6) is 0.791. The number of piperidine rings is 1. The van der Waals surface area contributed by atoms with E-state index in [1.54, 1.807) is 30.0 Å². The van der Waals surface area contributed by atoms with Crippen LogP contribution < -0.4 is 15.8 Å². The highest BCUT2D eigenvalue weighted by atomic mass is 16.5. The van der Waals surface area contributed by atoms with Crippen molar-refractivity contribution in [3.63, 3.8) is 0 Å². The first-order valence-corrected chi connectivity index (χ1v) is 8.58. The molecule has 7 heteroatoms. The summed E-state index contributed by atoms with van der Waals surface area (Å²) in [7, 11) is 0. The summed E-state index contributed by atoms with van der Waals surface area (Å²) < 4.78 is 5.62. The highest BCUT2D eigenvalue weighted by Crippen LogP contribution is 2.17. The maximum absolute atomic E-state index is 12.1. The molecular weight excluding hydrogens is 320 g/mol. The van der Waals surface area contributed by atoms with Crippen LogP contribution in [0.15, 0.2) is 24.3 Å². The first kappa shape index (κ1) is 18.8. The summed E-state index contributed by atoms with van der Waals surface area (Å²) >= 11 is 0. The Bertz CT molecular complexity index is 625. The molecule has 1 saturated heterocycles. The minimum atomic E-state index is -0.0104. The molecule has 7 nitrogen and oxygen atoms in total. The predicted octanol–water partition coefficient (Wildman–Crippen LogP) is 1.11. The van der Waals surface area contributed by atoms with Crippen LogP contribution in [0, 0.1) is 11.3 Å². The lowest BCUT2D eigenvalue weighted by molar-refractivity contribution is -0.133. The third-order valence-electron chi connectivity index (χ3n) is 4.35. The predicted molar refractivity (Wildman–Crippen MR) is 95.6 cm³/mol. The molecule has 1 fully saturated rings. The smallest absolute Gasteiger partial charge is 0.223 e. The molecule has 0 unspecified atom stereocenters. The second kappa shape index (κ2) is 9.05. The lowest BCUT2D eigenvalue weighted by Crippen LogP contribution is -2.42. The number of hydrogen-bond acceptors (Lipinski definition) is 4. The van der Waals surface area contributed by atoms with Crippen molar-refractivity contribution in [1.29, 1.82) is 5.41 Å². The molecule has 0 spiro atoms. The number of benzene rings is 1. The summed E-state index contributed by atoms with van der Waals surface area (Å²) in [5, 5.41) is 10.3. The molecule has 1 heterocycles. The normalized spacial score (nSPS) is 14.8. The maximum atomic E-state index is 12.1. The van der Waals surface area contributed by atoms with Crippen LogP contribution in [0.1, 0.15) is 31.7 Å². The van der Waals surface area contributed by atoms with E-state index in [9.17, 15) is 9.59 Å². The van der Waals surface area contributed by atoms with Crippen molar-refractivity contribution < 1.29 is 14.3 Å². The van der Waals surface area contributed by atoms with Crippen molar-refractivity contribution in [3.05, 3.63) is 29.8 Å². The van der Waals surface area contributed by atoms with Crippen molar-refractivity contribution in [2.75, 3.05) is 26.2 Å². The van der Waals surface area contributed by atoms with Gasteiger partial charge in [-0.3, -0.25) is 15.0 Å². The number of nitrogen functional groups attached to an aromatic ring is 1. The largest absolute Gasteiger partial charge is 0.494 e. The number of amides is 2. The van der Waals surface area contributed by atoms with Crippen LogP contribution in [0.3, 0.4) is 0 Å². The molecule has 0 aromatic heterocycles. The monoisotopic (exact) mass is 346 g/mol. The number of carbonyl (C=O) groups excluding carboxylic acids is 2. The Hall–Kier alpha value is -2.57. The lowest BCUT2D eigenvalue weighted by Gasteiger charge is -2.30. The van der Waals surface area contributed by atoms with Gasteiger partial charge in [0.15, 0.2) is 0 Å². The summed E-state index contributed by atoms with van der Waals surface area (Å²) in [6.45, 7) is 3.90. The van der Waals surface area contributed by atoms with Crippen molar-refractivity contribution in [1.82, 2.24) is 10.2 Å². The number of nitrogens with zero attached hydrogens (tertiary/aromatic N) is 1. The van der Waals surface area contributed by atoms with Gasteiger partial charge in [-0.15, -0.1) is 0 Å². The lowest BCUT2D eigenvalue weighted by atomic mass is 9.96. The average Bonchev–Trinajstić information content (AvgIpc) is 2.61. The molecule has 0 radical (unpaired) electrons. The van der Waals surface area contributed by atoms with Crippen LogP contribution in [0.25, 0.3) is 0 Å². The van der Waals surface area contributed by atoms with E-state index in [4.69, 9.17) is 15.9 Å². The zero-order chi connectivity index (χ0) is 18.2. The Kier molecular flexibility index (Phi) is 6.80. The SMILES string of the molecule is CC(=O)N1CCC(C(=O)NCCCOc2cccc(C(=N)N)c2)CC1. The Morgan fingerprint density at radius 2 is 2.08 bits per heavy atom. The topological polar surface area (TPSA) is 109 Å².